The van der Waals surface area contributed by atoms with Crippen LogP contribution in [0, 0.1) is 0 Å². The highest BCUT2D eigenvalue weighted by Crippen LogP contribution is 2.29. The molecular weight excluding hydrogens is 364 g/mol. The maximum atomic E-state index is 6.13. The predicted molar refractivity (Wildman–Crippen MR) is 118 cm³/mol. The molecule has 0 fully saturated rings. The van der Waals surface area contributed by atoms with Gasteiger partial charge >= 0.3 is 0 Å². The van der Waals surface area contributed by atoms with E-state index in [-0.39, 0.29) is 5.96 Å². The quantitative estimate of drug-likeness (QED) is 0.213. The van der Waals surface area contributed by atoms with Crippen LogP contribution in [0.25, 0.3) is 22.6 Å². The van der Waals surface area contributed by atoms with Gasteiger partial charge in [0.05, 0.1) is 0 Å². The monoisotopic (exact) mass is 392 g/mol. The molecule has 0 radical (unpaired) electrons. The van der Waals surface area contributed by atoms with Gasteiger partial charge in [-0.05, 0) is 48.2 Å². The van der Waals surface area contributed by atoms with Crippen LogP contribution in [0.4, 0.5) is 0 Å². The van der Waals surface area contributed by atoms with Gasteiger partial charge in [-0.25, -0.2) is 0 Å². The fourth-order valence-electron chi connectivity index (χ4n) is 3.11. The molecule has 3 aromatic rings. The van der Waals surface area contributed by atoms with Gasteiger partial charge < -0.3 is 27.4 Å². The molecule has 0 saturated carbocycles. The van der Waals surface area contributed by atoms with Crippen molar-refractivity contribution in [1.29, 1.82) is 0 Å². The first-order chi connectivity index (χ1) is 14.0. The van der Waals surface area contributed by atoms with Gasteiger partial charge in [-0.2, -0.15) is 0 Å². The minimum absolute atomic E-state index is 0.112. The minimum Gasteiger partial charge on any atom is -0.456 e. The Bertz CT molecular complexity index is 959. The van der Waals surface area contributed by atoms with Crippen LogP contribution in [0.15, 0.2) is 70.1 Å². The first-order valence-electron chi connectivity index (χ1n) is 9.59. The molecule has 0 unspecified atom stereocenters. The highest BCUT2D eigenvalue weighted by molar-refractivity contribution is 5.75. The third kappa shape index (κ3) is 6.18. The first-order valence-corrected chi connectivity index (χ1v) is 9.59. The van der Waals surface area contributed by atoms with Crippen molar-refractivity contribution in [3.8, 4) is 22.6 Å². The summed E-state index contributed by atoms with van der Waals surface area (Å²) in [5.41, 5.74) is 26.2. The second-order valence-corrected chi connectivity index (χ2v) is 6.85. The summed E-state index contributed by atoms with van der Waals surface area (Å²) >= 11 is 0. The van der Waals surface area contributed by atoms with Crippen molar-refractivity contribution >= 4 is 5.96 Å². The summed E-state index contributed by atoms with van der Waals surface area (Å²) < 4.78 is 6.13. The van der Waals surface area contributed by atoms with Crippen LogP contribution in [-0.4, -0.2) is 25.3 Å². The summed E-state index contributed by atoms with van der Waals surface area (Å²) in [6.07, 6.45) is 1.10. The van der Waals surface area contributed by atoms with E-state index in [9.17, 15) is 0 Å². The smallest absolute Gasteiger partial charge is 0.185 e. The summed E-state index contributed by atoms with van der Waals surface area (Å²) in [5.74, 6) is 1.77. The Morgan fingerprint density at radius 2 is 1.45 bits per heavy atom. The summed E-state index contributed by atoms with van der Waals surface area (Å²) in [6, 6.07) is 20.5. The van der Waals surface area contributed by atoms with Crippen molar-refractivity contribution in [1.82, 2.24) is 5.32 Å². The zero-order chi connectivity index (χ0) is 20.6. The molecule has 1 aromatic heterocycles. The Hall–Kier alpha value is -3.13. The molecule has 0 bridgehead atoms. The van der Waals surface area contributed by atoms with E-state index in [1.807, 2.05) is 36.4 Å². The molecule has 0 amide bonds. The van der Waals surface area contributed by atoms with Crippen LogP contribution < -0.4 is 28.3 Å². The molecule has 152 valence electrons. The number of guanidine groups is 1. The molecule has 7 nitrogen and oxygen atoms in total. The molecule has 0 aliphatic carbocycles. The third-order valence-electron chi connectivity index (χ3n) is 4.52. The molecule has 29 heavy (non-hydrogen) atoms. The second kappa shape index (κ2) is 9.88. The Morgan fingerprint density at radius 1 is 0.862 bits per heavy atom. The molecule has 0 aliphatic rings. The number of nitrogens with two attached hydrogens (primary N) is 4. The molecule has 0 aliphatic heterocycles. The van der Waals surface area contributed by atoms with Crippen LogP contribution in [0.3, 0.4) is 0 Å². The molecule has 7 heteroatoms. The average Bonchev–Trinajstić information content (AvgIpc) is 3.18. The van der Waals surface area contributed by atoms with E-state index in [2.05, 4.69) is 34.6 Å². The van der Waals surface area contributed by atoms with E-state index in [0.29, 0.717) is 6.54 Å². The fourth-order valence-corrected chi connectivity index (χ4v) is 3.11. The number of hydrogen-bond acceptors (Lipinski definition) is 5. The van der Waals surface area contributed by atoms with Crippen molar-refractivity contribution in [2.75, 3.05) is 13.1 Å². The van der Waals surface area contributed by atoms with Crippen molar-refractivity contribution in [2.45, 2.75) is 19.1 Å². The van der Waals surface area contributed by atoms with Crippen molar-refractivity contribution < 1.29 is 4.42 Å². The lowest BCUT2D eigenvalue weighted by atomic mass is 10.1. The van der Waals surface area contributed by atoms with Gasteiger partial charge in [0.15, 0.2) is 5.96 Å². The van der Waals surface area contributed by atoms with E-state index in [4.69, 9.17) is 27.4 Å². The van der Waals surface area contributed by atoms with Gasteiger partial charge in [0, 0.05) is 24.2 Å². The van der Waals surface area contributed by atoms with Gasteiger partial charge in [-0.1, -0.05) is 36.4 Å². The average molecular weight is 393 g/mol. The lowest BCUT2D eigenvalue weighted by Crippen LogP contribution is -2.45. The minimum atomic E-state index is -0.499. The Kier molecular flexibility index (Phi) is 7.02. The Morgan fingerprint density at radius 3 is 2.00 bits per heavy atom. The van der Waals surface area contributed by atoms with Crippen LogP contribution in [-0.2, 0) is 12.8 Å². The first kappa shape index (κ1) is 20.6. The molecule has 2 aromatic carbocycles. The molecular formula is C22H28N6O. The number of rotatable bonds is 9. The normalized spacial score (nSPS) is 11.0. The summed E-state index contributed by atoms with van der Waals surface area (Å²) in [7, 11) is 0. The summed E-state index contributed by atoms with van der Waals surface area (Å²) in [5, 5.41) is 3.01. The number of benzene rings is 2. The highest BCUT2D eigenvalue weighted by atomic mass is 16.3. The molecule has 0 spiro atoms. The number of furan rings is 1. The van der Waals surface area contributed by atoms with Crippen LogP contribution in [0.5, 0.6) is 0 Å². The molecule has 1 heterocycles. The topological polar surface area (TPSA) is 142 Å². The van der Waals surface area contributed by atoms with Gasteiger partial charge in [0.1, 0.15) is 17.8 Å². The SMILES string of the molecule is NC(N)=NCCc1cccc(-c2ccc(-c3cccc(CCNC(N)N)c3)o2)c1. The van der Waals surface area contributed by atoms with Gasteiger partial charge in [0.25, 0.3) is 0 Å². The number of aliphatic imine (C=N–C) groups is 1. The van der Waals surface area contributed by atoms with Crippen LogP contribution in [0.1, 0.15) is 11.1 Å². The zero-order valence-electron chi connectivity index (χ0n) is 16.3. The molecule has 0 atom stereocenters. The van der Waals surface area contributed by atoms with Gasteiger partial charge in [-0.15, -0.1) is 0 Å². The largest absolute Gasteiger partial charge is 0.456 e. The van der Waals surface area contributed by atoms with Gasteiger partial charge in [-0.3, -0.25) is 10.3 Å². The van der Waals surface area contributed by atoms with Crippen molar-refractivity contribution in [3.05, 3.63) is 71.8 Å². The number of nitrogens with one attached hydrogen (secondary N) is 1. The second-order valence-electron chi connectivity index (χ2n) is 6.85. The number of hydrogen-bond donors (Lipinski definition) is 5. The van der Waals surface area contributed by atoms with Crippen LogP contribution >= 0.6 is 0 Å². The van der Waals surface area contributed by atoms with E-state index in [1.54, 1.807) is 0 Å². The molecule has 3 rings (SSSR count). The van der Waals surface area contributed by atoms with E-state index >= 15 is 0 Å². The Balaban J connectivity index is 1.72. The van der Waals surface area contributed by atoms with E-state index in [1.165, 1.54) is 5.56 Å². The summed E-state index contributed by atoms with van der Waals surface area (Å²) in [6.45, 7) is 1.28. The standard InChI is InChI=1S/C22H28N6O/c23-21(24)27-11-9-15-3-1-5-17(13-15)19-7-8-20(29-19)18-6-2-4-16(14-18)10-12-28-22(25)26/h1-8,13-14,21,27H,9-12,23-24H2,(H4,25,26,28). The van der Waals surface area contributed by atoms with E-state index < -0.39 is 6.29 Å². The number of nitrogens with zero attached hydrogens (tertiary/aromatic N) is 1. The molecule has 0 saturated heterocycles. The maximum absolute atomic E-state index is 6.13. The van der Waals surface area contributed by atoms with Crippen molar-refractivity contribution in [2.24, 2.45) is 27.9 Å². The molecule has 9 N–H and O–H groups in total. The maximum Gasteiger partial charge on any atom is 0.185 e. The zero-order valence-corrected chi connectivity index (χ0v) is 16.3. The highest BCUT2D eigenvalue weighted by Gasteiger charge is 2.08. The third-order valence-corrected chi connectivity index (χ3v) is 4.52. The predicted octanol–water partition coefficient (Wildman–Crippen LogP) is 1.76. The summed E-state index contributed by atoms with van der Waals surface area (Å²) in [4.78, 5) is 4.04. The van der Waals surface area contributed by atoms with Crippen molar-refractivity contribution in [3.63, 3.8) is 0 Å². The van der Waals surface area contributed by atoms with Crippen LogP contribution in [0.2, 0.25) is 0 Å². The lowest BCUT2D eigenvalue weighted by Gasteiger charge is -2.08. The lowest BCUT2D eigenvalue weighted by molar-refractivity contribution is 0.548. The fraction of sp³-hybridized carbons (Fsp3) is 0.227. The Labute approximate surface area is 170 Å². The van der Waals surface area contributed by atoms with Gasteiger partial charge in [0.2, 0.25) is 0 Å². The van der Waals surface area contributed by atoms with E-state index in [0.717, 1.165) is 47.6 Å².